The number of H-pyrrole nitrogens is 1. The van der Waals surface area contributed by atoms with Crippen molar-refractivity contribution in [3.8, 4) is 0 Å². The second-order valence-corrected chi connectivity index (χ2v) is 3.56. The third-order valence-corrected chi connectivity index (χ3v) is 2.62. The first kappa shape index (κ1) is 9.12. The minimum absolute atomic E-state index is 0.325. The van der Waals surface area contributed by atoms with Gasteiger partial charge < -0.3 is 4.98 Å². The van der Waals surface area contributed by atoms with Crippen LogP contribution in [-0.2, 0) is 12.8 Å². The zero-order chi connectivity index (χ0) is 9.97. The van der Waals surface area contributed by atoms with Crippen molar-refractivity contribution in [2.24, 2.45) is 0 Å². The summed E-state index contributed by atoms with van der Waals surface area (Å²) in [6, 6.07) is 0. The van der Waals surface area contributed by atoms with Gasteiger partial charge in [-0.15, -0.1) is 0 Å². The molecule has 74 valence electrons. The van der Waals surface area contributed by atoms with Gasteiger partial charge in [0.05, 0.1) is 0 Å². The Morgan fingerprint density at radius 3 is 2.79 bits per heavy atom. The van der Waals surface area contributed by atoms with Gasteiger partial charge in [-0.25, -0.2) is 4.79 Å². The van der Waals surface area contributed by atoms with Crippen LogP contribution in [0.1, 0.15) is 41.0 Å². The number of aryl methyl sites for hydroxylation is 1. The first-order valence-corrected chi connectivity index (χ1v) is 4.88. The van der Waals surface area contributed by atoms with E-state index in [9.17, 15) is 9.59 Å². The topological polar surface area (TPSA) is 62.8 Å². The van der Waals surface area contributed by atoms with Gasteiger partial charge in [-0.2, -0.15) is 4.98 Å². The van der Waals surface area contributed by atoms with Crippen molar-refractivity contribution in [2.75, 3.05) is 0 Å². The van der Waals surface area contributed by atoms with E-state index in [4.69, 9.17) is 0 Å². The maximum Gasteiger partial charge on any atom is 0.345 e. The van der Waals surface area contributed by atoms with E-state index in [-0.39, 0.29) is 0 Å². The lowest BCUT2D eigenvalue weighted by atomic mass is 10.1. The molecule has 1 aromatic heterocycles. The summed E-state index contributed by atoms with van der Waals surface area (Å²) < 4.78 is 0. The van der Waals surface area contributed by atoms with Crippen molar-refractivity contribution in [3.63, 3.8) is 0 Å². The average Bonchev–Trinajstić information content (AvgIpc) is 2.41. The van der Waals surface area contributed by atoms with E-state index in [1.54, 1.807) is 0 Å². The Morgan fingerprint density at radius 1 is 1.21 bits per heavy atom. The summed E-state index contributed by atoms with van der Waals surface area (Å²) in [5.74, 6) is 0. The van der Waals surface area contributed by atoms with Gasteiger partial charge in [0.25, 0.3) is 0 Å². The normalized spacial score (nSPS) is 15.7. The smallest absolute Gasteiger partial charge is 0.309 e. The van der Waals surface area contributed by atoms with Crippen LogP contribution in [0.2, 0.25) is 0 Å². The van der Waals surface area contributed by atoms with E-state index >= 15 is 0 Å². The summed E-state index contributed by atoms with van der Waals surface area (Å²) in [6.45, 7) is 0. The number of aromatic amines is 1. The highest BCUT2D eigenvalue weighted by Crippen LogP contribution is 2.18. The molecule has 0 amide bonds. The monoisotopic (exact) mass is 192 g/mol. The summed E-state index contributed by atoms with van der Waals surface area (Å²) in [5.41, 5.74) is 1.76. The number of hydrogen-bond acceptors (Lipinski definition) is 3. The van der Waals surface area contributed by atoms with Gasteiger partial charge in [0.2, 0.25) is 0 Å². The van der Waals surface area contributed by atoms with E-state index in [2.05, 4.69) is 9.97 Å². The van der Waals surface area contributed by atoms with Crippen molar-refractivity contribution >= 4 is 6.29 Å². The molecule has 0 saturated heterocycles. The van der Waals surface area contributed by atoms with Crippen molar-refractivity contribution < 1.29 is 4.79 Å². The predicted octanol–water partition coefficient (Wildman–Crippen LogP) is 0.851. The van der Waals surface area contributed by atoms with Gasteiger partial charge >= 0.3 is 5.69 Å². The van der Waals surface area contributed by atoms with Gasteiger partial charge in [0, 0.05) is 11.3 Å². The molecule has 0 saturated carbocycles. The summed E-state index contributed by atoms with van der Waals surface area (Å²) in [4.78, 5) is 28.2. The fourth-order valence-electron chi connectivity index (χ4n) is 1.93. The number of carbonyl (C=O) groups excluding carboxylic acids is 1. The van der Waals surface area contributed by atoms with E-state index in [0.29, 0.717) is 12.0 Å². The molecular weight excluding hydrogens is 180 g/mol. The third kappa shape index (κ3) is 1.60. The quantitative estimate of drug-likeness (QED) is 0.530. The van der Waals surface area contributed by atoms with Crippen LogP contribution in [0.3, 0.4) is 0 Å². The fraction of sp³-hybridized carbons (Fsp3) is 0.500. The van der Waals surface area contributed by atoms with Gasteiger partial charge in [0.1, 0.15) is 5.69 Å². The lowest BCUT2D eigenvalue weighted by Gasteiger charge is -2.05. The molecule has 1 heterocycles. The Morgan fingerprint density at radius 2 is 2.00 bits per heavy atom. The SMILES string of the molecule is O=Cc1nc(=O)[nH]c2c1CCCCC2. The fourth-order valence-corrected chi connectivity index (χ4v) is 1.93. The molecule has 4 heteroatoms. The number of fused-ring (bicyclic) bond motifs is 1. The maximum absolute atomic E-state index is 11.1. The Hall–Kier alpha value is -1.45. The number of carbonyl (C=O) groups is 1. The molecule has 0 fully saturated rings. The molecule has 0 atom stereocenters. The Labute approximate surface area is 81.4 Å². The minimum atomic E-state index is -0.409. The number of aldehydes is 1. The van der Waals surface area contributed by atoms with Gasteiger partial charge in [-0.1, -0.05) is 6.42 Å². The molecular formula is C10H12N2O2. The molecule has 2 rings (SSSR count). The lowest BCUT2D eigenvalue weighted by Crippen LogP contribution is -2.18. The lowest BCUT2D eigenvalue weighted by molar-refractivity contribution is 0.111. The number of nitrogens with one attached hydrogen (secondary N) is 1. The summed E-state index contributed by atoms with van der Waals surface area (Å²) in [7, 11) is 0. The van der Waals surface area contributed by atoms with Gasteiger partial charge in [-0.3, -0.25) is 4.79 Å². The van der Waals surface area contributed by atoms with Crippen LogP contribution in [0.5, 0.6) is 0 Å². The summed E-state index contributed by atoms with van der Waals surface area (Å²) in [6.07, 6.45) is 5.68. The van der Waals surface area contributed by atoms with Crippen LogP contribution in [0.25, 0.3) is 0 Å². The van der Waals surface area contributed by atoms with Gasteiger partial charge in [0.15, 0.2) is 6.29 Å². The van der Waals surface area contributed by atoms with E-state index < -0.39 is 5.69 Å². The van der Waals surface area contributed by atoms with Crippen LogP contribution in [0.15, 0.2) is 4.79 Å². The molecule has 0 bridgehead atoms. The largest absolute Gasteiger partial charge is 0.345 e. The minimum Gasteiger partial charge on any atom is -0.309 e. The second-order valence-electron chi connectivity index (χ2n) is 3.56. The summed E-state index contributed by atoms with van der Waals surface area (Å²) in [5, 5.41) is 0. The zero-order valence-electron chi connectivity index (χ0n) is 7.88. The number of aromatic nitrogens is 2. The Bertz CT molecular complexity index is 409. The highest BCUT2D eigenvalue weighted by molar-refractivity contribution is 5.74. The second kappa shape index (κ2) is 3.74. The molecule has 14 heavy (non-hydrogen) atoms. The Kier molecular flexibility index (Phi) is 2.43. The molecule has 0 aliphatic heterocycles. The standard InChI is InChI=1S/C10H12N2O2/c13-6-9-7-4-2-1-3-5-8(7)11-10(14)12-9/h6H,1-5H2,(H,11,12,14). The molecule has 1 aliphatic carbocycles. The number of hydrogen-bond donors (Lipinski definition) is 1. The molecule has 1 N–H and O–H groups in total. The molecule has 0 spiro atoms. The van der Waals surface area contributed by atoms with Crippen LogP contribution >= 0.6 is 0 Å². The van der Waals surface area contributed by atoms with Crippen molar-refractivity contribution in [1.29, 1.82) is 0 Å². The number of rotatable bonds is 1. The van der Waals surface area contributed by atoms with Crippen molar-refractivity contribution in [1.82, 2.24) is 9.97 Å². The highest BCUT2D eigenvalue weighted by atomic mass is 16.1. The summed E-state index contributed by atoms with van der Waals surface area (Å²) >= 11 is 0. The first-order valence-electron chi connectivity index (χ1n) is 4.88. The average molecular weight is 192 g/mol. The Balaban J connectivity index is 2.57. The maximum atomic E-state index is 11.1. The first-order chi connectivity index (χ1) is 6.81. The van der Waals surface area contributed by atoms with E-state index in [1.807, 2.05) is 0 Å². The van der Waals surface area contributed by atoms with E-state index in [0.717, 1.165) is 43.4 Å². The zero-order valence-corrected chi connectivity index (χ0v) is 7.88. The van der Waals surface area contributed by atoms with Crippen LogP contribution < -0.4 is 5.69 Å². The molecule has 0 unspecified atom stereocenters. The van der Waals surface area contributed by atoms with Crippen molar-refractivity contribution in [3.05, 3.63) is 27.4 Å². The van der Waals surface area contributed by atoms with Crippen LogP contribution in [0.4, 0.5) is 0 Å². The van der Waals surface area contributed by atoms with Crippen molar-refractivity contribution in [2.45, 2.75) is 32.1 Å². The van der Waals surface area contributed by atoms with E-state index in [1.165, 1.54) is 0 Å². The van der Waals surface area contributed by atoms with Crippen LogP contribution in [0, 0.1) is 0 Å². The molecule has 0 radical (unpaired) electrons. The third-order valence-electron chi connectivity index (χ3n) is 2.62. The number of nitrogens with zero attached hydrogens (tertiary/aromatic N) is 1. The van der Waals surface area contributed by atoms with Crippen LogP contribution in [-0.4, -0.2) is 16.3 Å². The highest BCUT2D eigenvalue weighted by Gasteiger charge is 2.13. The van der Waals surface area contributed by atoms with Gasteiger partial charge in [-0.05, 0) is 25.7 Å². The predicted molar refractivity (Wildman–Crippen MR) is 51.5 cm³/mol. The molecule has 0 aromatic carbocycles. The molecule has 1 aromatic rings. The molecule has 4 nitrogen and oxygen atoms in total. The molecule has 1 aliphatic rings.